The van der Waals surface area contributed by atoms with Crippen LogP contribution in [0.2, 0.25) is 5.02 Å². The van der Waals surface area contributed by atoms with Gasteiger partial charge in [-0.1, -0.05) is 24.6 Å². The molecule has 0 bridgehead atoms. The molecule has 1 fully saturated rings. The van der Waals surface area contributed by atoms with Gasteiger partial charge in [0.2, 0.25) is 0 Å². The maximum atomic E-state index is 12.5. The molecule has 2 aromatic rings. The van der Waals surface area contributed by atoms with Crippen LogP contribution in [0.25, 0.3) is 0 Å². The van der Waals surface area contributed by atoms with E-state index in [-0.39, 0.29) is 5.91 Å². The van der Waals surface area contributed by atoms with E-state index in [1.807, 2.05) is 38.1 Å². The second-order valence-electron chi connectivity index (χ2n) is 6.72. The van der Waals surface area contributed by atoms with Crippen LogP contribution in [0, 0.1) is 13.8 Å². The lowest BCUT2D eigenvalue weighted by Crippen LogP contribution is -2.46. The van der Waals surface area contributed by atoms with Crippen molar-refractivity contribution in [1.82, 2.24) is 9.88 Å². The molecule has 0 saturated carbocycles. The Morgan fingerprint density at radius 1 is 1.19 bits per heavy atom. The lowest BCUT2D eigenvalue weighted by molar-refractivity contribution is 0.102. The fraction of sp³-hybridized carbons (Fsp3) is 0.400. The third-order valence-corrected chi connectivity index (χ3v) is 5.12. The molecular weight excluding hydrogens is 348 g/mol. The minimum atomic E-state index is -0.200. The van der Waals surface area contributed by atoms with Crippen LogP contribution < -0.4 is 10.2 Å². The highest BCUT2D eigenvalue weighted by atomic mass is 35.5. The van der Waals surface area contributed by atoms with E-state index in [4.69, 9.17) is 11.6 Å². The molecule has 5 nitrogen and oxygen atoms in total. The summed E-state index contributed by atoms with van der Waals surface area (Å²) in [4.78, 5) is 21.7. The van der Waals surface area contributed by atoms with Crippen molar-refractivity contribution < 1.29 is 4.79 Å². The Balaban J connectivity index is 1.68. The number of hydrogen-bond donors (Lipinski definition) is 1. The zero-order valence-corrected chi connectivity index (χ0v) is 16.3. The molecule has 0 unspecified atom stereocenters. The third kappa shape index (κ3) is 4.17. The van der Waals surface area contributed by atoms with Crippen molar-refractivity contribution in [2.75, 3.05) is 42.9 Å². The number of carbonyl (C=O) groups is 1. The maximum absolute atomic E-state index is 12.5. The standard InChI is InChI=1S/C20H25ClN4O/c1-4-24-7-9-25(10-8-24)18-6-5-16(13-22-18)20(26)23-19-15(3)11-14(2)12-17(19)21/h5-6,11-13H,4,7-10H2,1-3H3,(H,23,26). The highest BCUT2D eigenvalue weighted by molar-refractivity contribution is 6.34. The molecule has 0 radical (unpaired) electrons. The van der Waals surface area contributed by atoms with Crippen molar-refractivity contribution in [3.63, 3.8) is 0 Å². The molecule has 1 aliphatic rings. The number of nitrogens with zero attached hydrogens (tertiary/aromatic N) is 3. The van der Waals surface area contributed by atoms with E-state index in [0.717, 1.165) is 49.7 Å². The average molecular weight is 373 g/mol. The minimum Gasteiger partial charge on any atom is -0.354 e. The van der Waals surface area contributed by atoms with Crippen molar-refractivity contribution >= 4 is 29.0 Å². The summed E-state index contributed by atoms with van der Waals surface area (Å²) in [6, 6.07) is 7.58. The van der Waals surface area contributed by atoms with Gasteiger partial charge in [0.25, 0.3) is 5.91 Å². The summed E-state index contributed by atoms with van der Waals surface area (Å²) in [5.74, 6) is 0.718. The van der Waals surface area contributed by atoms with Gasteiger partial charge in [0, 0.05) is 32.4 Å². The molecule has 1 aliphatic heterocycles. The van der Waals surface area contributed by atoms with Gasteiger partial charge >= 0.3 is 0 Å². The number of hydrogen-bond acceptors (Lipinski definition) is 4. The monoisotopic (exact) mass is 372 g/mol. The first-order valence-corrected chi connectivity index (χ1v) is 9.37. The van der Waals surface area contributed by atoms with E-state index >= 15 is 0 Å². The largest absolute Gasteiger partial charge is 0.354 e. The summed E-state index contributed by atoms with van der Waals surface area (Å²) >= 11 is 6.28. The highest BCUT2D eigenvalue weighted by Gasteiger charge is 2.17. The highest BCUT2D eigenvalue weighted by Crippen LogP contribution is 2.27. The van der Waals surface area contributed by atoms with Gasteiger partial charge in [-0.05, 0) is 49.7 Å². The number of rotatable bonds is 4. The first-order valence-electron chi connectivity index (χ1n) is 8.99. The number of piperazine rings is 1. The molecule has 2 heterocycles. The van der Waals surface area contributed by atoms with Crippen LogP contribution in [0.3, 0.4) is 0 Å². The molecule has 1 aromatic carbocycles. The van der Waals surface area contributed by atoms with E-state index in [2.05, 4.69) is 27.0 Å². The molecule has 26 heavy (non-hydrogen) atoms. The van der Waals surface area contributed by atoms with Crippen LogP contribution in [0.15, 0.2) is 30.5 Å². The zero-order chi connectivity index (χ0) is 18.7. The fourth-order valence-electron chi connectivity index (χ4n) is 3.26. The molecule has 0 aliphatic carbocycles. The number of halogens is 1. The molecule has 1 saturated heterocycles. The van der Waals surface area contributed by atoms with E-state index < -0.39 is 0 Å². The number of aromatic nitrogens is 1. The third-order valence-electron chi connectivity index (χ3n) is 4.82. The molecule has 1 amide bonds. The van der Waals surface area contributed by atoms with Crippen molar-refractivity contribution in [1.29, 1.82) is 0 Å². The summed E-state index contributed by atoms with van der Waals surface area (Å²) in [5.41, 5.74) is 3.19. The first kappa shape index (κ1) is 18.7. The molecular formula is C20H25ClN4O. The van der Waals surface area contributed by atoms with Crippen LogP contribution >= 0.6 is 11.6 Å². The van der Waals surface area contributed by atoms with Crippen molar-refractivity contribution in [2.24, 2.45) is 0 Å². The van der Waals surface area contributed by atoms with Crippen LogP contribution in [0.1, 0.15) is 28.4 Å². The molecule has 1 aromatic heterocycles. The van der Waals surface area contributed by atoms with Gasteiger partial charge in [0.05, 0.1) is 16.3 Å². The Morgan fingerprint density at radius 2 is 1.92 bits per heavy atom. The topological polar surface area (TPSA) is 48.5 Å². The molecule has 138 valence electrons. The van der Waals surface area contributed by atoms with Gasteiger partial charge in [-0.3, -0.25) is 4.79 Å². The Morgan fingerprint density at radius 3 is 2.50 bits per heavy atom. The van der Waals surface area contributed by atoms with Crippen molar-refractivity contribution in [3.8, 4) is 0 Å². The van der Waals surface area contributed by atoms with Gasteiger partial charge in [-0.2, -0.15) is 0 Å². The van der Waals surface area contributed by atoms with E-state index in [1.54, 1.807) is 6.20 Å². The predicted octanol–water partition coefficient (Wildman–Crippen LogP) is 3.75. The first-order chi connectivity index (χ1) is 12.5. The summed E-state index contributed by atoms with van der Waals surface area (Å²) in [5, 5.41) is 3.45. The molecule has 0 spiro atoms. The van der Waals surface area contributed by atoms with Crippen molar-refractivity contribution in [2.45, 2.75) is 20.8 Å². The number of pyridine rings is 1. The second-order valence-corrected chi connectivity index (χ2v) is 7.13. The van der Waals surface area contributed by atoms with Crippen molar-refractivity contribution in [3.05, 3.63) is 52.2 Å². The minimum absolute atomic E-state index is 0.200. The summed E-state index contributed by atoms with van der Waals surface area (Å²) in [7, 11) is 0. The number of benzene rings is 1. The number of nitrogens with one attached hydrogen (secondary N) is 1. The Bertz CT molecular complexity index is 760. The number of anilines is 2. The van der Waals surface area contributed by atoms with Gasteiger partial charge in [0.1, 0.15) is 5.82 Å². The average Bonchev–Trinajstić information content (AvgIpc) is 2.64. The van der Waals surface area contributed by atoms with Gasteiger partial charge in [-0.15, -0.1) is 0 Å². The zero-order valence-electron chi connectivity index (χ0n) is 15.6. The van der Waals surface area contributed by atoms with Gasteiger partial charge in [0.15, 0.2) is 0 Å². The normalized spacial score (nSPS) is 15.2. The summed E-state index contributed by atoms with van der Waals surface area (Å²) in [6.07, 6.45) is 1.63. The van der Waals surface area contributed by atoms with Gasteiger partial charge in [-0.25, -0.2) is 4.98 Å². The second kappa shape index (κ2) is 8.06. The van der Waals surface area contributed by atoms with Crippen LogP contribution in [0.4, 0.5) is 11.5 Å². The van der Waals surface area contributed by atoms with E-state index in [1.165, 1.54) is 0 Å². The number of aryl methyl sites for hydroxylation is 2. The Hall–Kier alpha value is -2.11. The lowest BCUT2D eigenvalue weighted by atomic mass is 10.1. The number of amides is 1. The predicted molar refractivity (Wildman–Crippen MR) is 107 cm³/mol. The number of carbonyl (C=O) groups excluding carboxylic acids is 1. The molecule has 3 rings (SSSR count). The SMILES string of the molecule is CCN1CCN(c2ccc(C(=O)Nc3c(C)cc(C)cc3Cl)cn2)CC1. The summed E-state index contributed by atoms with van der Waals surface area (Å²) in [6.45, 7) is 11.2. The van der Waals surface area contributed by atoms with Crippen LogP contribution in [0.5, 0.6) is 0 Å². The quantitative estimate of drug-likeness (QED) is 0.888. The Kier molecular flexibility index (Phi) is 5.79. The molecule has 6 heteroatoms. The molecule has 1 N–H and O–H groups in total. The van der Waals surface area contributed by atoms with E-state index in [9.17, 15) is 4.79 Å². The van der Waals surface area contributed by atoms with E-state index in [0.29, 0.717) is 16.3 Å². The maximum Gasteiger partial charge on any atom is 0.257 e. The lowest BCUT2D eigenvalue weighted by Gasteiger charge is -2.34. The van der Waals surface area contributed by atoms with Crippen LogP contribution in [-0.2, 0) is 0 Å². The van der Waals surface area contributed by atoms with Crippen LogP contribution in [-0.4, -0.2) is 48.5 Å². The summed E-state index contributed by atoms with van der Waals surface area (Å²) < 4.78 is 0. The fourth-order valence-corrected chi connectivity index (χ4v) is 3.63. The number of likely N-dealkylation sites (N-methyl/N-ethyl adjacent to an activating group) is 1. The Labute approximate surface area is 160 Å². The molecule has 0 atom stereocenters. The smallest absolute Gasteiger partial charge is 0.257 e. The van der Waals surface area contributed by atoms with Gasteiger partial charge < -0.3 is 15.1 Å².